The van der Waals surface area contributed by atoms with Crippen LogP contribution in [0.25, 0.3) is 0 Å². The van der Waals surface area contributed by atoms with Crippen molar-refractivity contribution >= 4 is 23.1 Å². The first kappa shape index (κ1) is 27.9. The van der Waals surface area contributed by atoms with E-state index in [1.54, 1.807) is 0 Å². The summed E-state index contributed by atoms with van der Waals surface area (Å²) in [5.41, 5.74) is 3.79. The van der Waals surface area contributed by atoms with Gasteiger partial charge in [0.1, 0.15) is 17.3 Å². The summed E-state index contributed by atoms with van der Waals surface area (Å²) >= 11 is 0. The standard InChI is InChI=1S/C30H42O4/c1-6-9-10-12-26(32)19-23-13-14-25-17-22(18-29(34)30(25)21(23)5)16-24(11-7-2)27(8-3)28(33)15-20(4)31/h6,9,13-14,22,24,27H,7-8,10-12,15-19H2,1-5H3/b9-6-. The highest BCUT2D eigenvalue weighted by atomic mass is 16.1. The fourth-order valence-corrected chi connectivity index (χ4v) is 5.67. The molecule has 1 aromatic carbocycles. The van der Waals surface area contributed by atoms with Crippen molar-refractivity contribution in [1.82, 2.24) is 0 Å². The second-order valence-corrected chi connectivity index (χ2v) is 10.0. The molecule has 4 nitrogen and oxygen atoms in total. The molecule has 0 radical (unpaired) electrons. The number of ketones is 4. The zero-order valence-corrected chi connectivity index (χ0v) is 21.7. The average molecular weight is 467 g/mol. The van der Waals surface area contributed by atoms with Gasteiger partial charge in [-0.05, 0) is 75.0 Å². The molecule has 0 heterocycles. The van der Waals surface area contributed by atoms with Crippen LogP contribution in [0.4, 0.5) is 0 Å². The number of hydrogen-bond acceptors (Lipinski definition) is 4. The number of allylic oxidation sites excluding steroid dienone is 2. The van der Waals surface area contributed by atoms with Gasteiger partial charge < -0.3 is 0 Å². The van der Waals surface area contributed by atoms with Crippen molar-refractivity contribution in [3.8, 4) is 0 Å². The Kier molecular flexibility index (Phi) is 11.1. The number of hydrogen-bond donors (Lipinski definition) is 0. The molecule has 0 saturated carbocycles. The number of carbonyl (C=O) groups excluding carboxylic acids is 4. The highest BCUT2D eigenvalue weighted by Crippen LogP contribution is 2.37. The van der Waals surface area contributed by atoms with Gasteiger partial charge in [0.05, 0.1) is 6.42 Å². The van der Waals surface area contributed by atoms with E-state index in [4.69, 9.17) is 0 Å². The molecule has 34 heavy (non-hydrogen) atoms. The minimum absolute atomic E-state index is 0.0145. The van der Waals surface area contributed by atoms with Gasteiger partial charge in [0, 0.05) is 30.7 Å². The first-order valence-corrected chi connectivity index (χ1v) is 13.0. The second-order valence-electron chi connectivity index (χ2n) is 10.0. The van der Waals surface area contributed by atoms with E-state index < -0.39 is 0 Å². The van der Waals surface area contributed by atoms with Crippen LogP contribution in [0.2, 0.25) is 0 Å². The van der Waals surface area contributed by atoms with Crippen molar-refractivity contribution in [3.63, 3.8) is 0 Å². The summed E-state index contributed by atoms with van der Waals surface area (Å²) < 4.78 is 0. The summed E-state index contributed by atoms with van der Waals surface area (Å²) in [7, 11) is 0. The third kappa shape index (κ3) is 7.58. The Morgan fingerprint density at radius 1 is 1.15 bits per heavy atom. The van der Waals surface area contributed by atoms with Crippen LogP contribution in [-0.4, -0.2) is 23.1 Å². The maximum atomic E-state index is 13.2. The molecule has 3 unspecified atom stereocenters. The van der Waals surface area contributed by atoms with Gasteiger partial charge in [-0.3, -0.25) is 19.2 Å². The maximum absolute atomic E-state index is 13.2. The number of fused-ring (bicyclic) bond motifs is 1. The highest BCUT2D eigenvalue weighted by molar-refractivity contribution is 6.01. The minimum Gasteiger partial charge on any atom is -0.300 e. The summed E-state index contributed by atoms with van der Waals surface area (Å²) in [6.07, 6.45) is 10.4. The number of carbonyl (C=O) groups is 4. The lowest BCUT2D eigenvalue weighted by Crippen LogP contribution is -2.30. The van der Waals surface area contributed by atoms with Gasteiger partial charge in [-0.2, -0.15) is 0 Å². The lowest BCUT2D eigenvalue weighted by atomic mass is 9.72. The Labute approximate surface area is 205 Å². The van der Waals surface area contributed by atoms with Crippen LogP contribution in [0.1, 0.15) is 106 Å². The van der Waals surface area contributed by atoms with Crippen molar-refractivity contribution in [2.75, 3.05) is 0 Å². The molecular weight excluding hydrogens is 424 g/mol. The molecule has 0 N–H and O–H groups in total. The Morgan fingerprint density at radius 3 is 2.50 bits per heavy atom. The van der Waals surface area contributed by atoms with Crippen molar-refractivity contribution in [3.05, 3.63) is 46.5 Å². The predicted octanol–water partition coefficient (Wildman–Crippen LogP) is 6.59. The van der Waals surface area contributed by atoms with E-state index in [1.165, 1.54) is 6.92 Å². The second kappa shape index (κ2) is 13.5. The third-order valence-corrected chi connectivity index (χ3v) is 7.28. The minimum atomic E-state index is -0.113. The van der Waals surface area contributed by atoms with Gasteiger partial charge in [-0.15, -0.1) is 0 Å². The van der Waals surface area contributed by atoms with Gasteiger partial charge in [-0.1, -0.05) is 51.0 Å². The molecule has 0 amide bonds. The number of benzene rings is 1. The van der Waals surface area contributed by atoms with Crippen molar-refractivity contribution in [2.24, 2.45) is 17.8 Å². The van der Waals surface area contributed by atoms with Crippen molar-refractivity contribution in [2.45, 2.75) is 98.8 Å². The van der Waals surface area contributed by atoms with E-state index >= 15 is 0 Å². The first-order valence-electron chi connectivity index (χ1n) is 13.0. The summed E-state index contributed by atoms with van der Waals surface area (Å²) in [6, 6.07) is 4.06. The molecule has 0 bridgehead atoms. The topological polar surface area (TPSA) is 68.3 Å². The van der Waals surface area contributed by atoms with E-state index in [2.05, 4.69) is 6.92 Å². The summed E-state index contributed by atoms with van der Waals surface area (Å²) in [5.74, 6) is 0.635. The highest BCUT2D eigenvalue weighted by Gasteiger charge is 2.33. The molecular formula is C30H42O4. The Balaban J connectivity index is 2.16. The van der Waals surface area contributed by atoms with E-state index in [1.807, 2.05) is 45.1 Å². The molecule has 186 valence electrons. The molecule has 0 aromatic heterocycles. The molecule has 1 aliphatic rings. The van der Waals surface area contributed by atoms with Crippen LogP contribution < -0.4 is 0 Å². The van der Waals surface area contributed by atoms with Crippen LogP contribution in [0, 0.1) is 24.7 Å². The molecule has 3 atom stereocenters. The zero-order chi connectivity index (χ0) is 25.3. The molecule has 1 aliphatic carbocycles. The fraction of sp³-hybridized carbons (Fsp3) is 0.600. The Morgan fingerprint density at radius 2 is 1.88 bits per heavy atom. The summed E-state index contributed by atoms with van der Waals surface area (Å²) in [4.78, 5) is 49.9. The third-order valence-electron chi connectivity index (χ3n) is 7.28. The van der Waals surface area contributed by atoms with Crippen molar-refractivity contribution in [1.29, 1.82) is 0 Å². The van der Waals surface area contributed by atoms with Gasteiger partial charge in [-0.25, -0.2) is 0 Å². The first-order chi connectivity index (χ1) is 16.2. The number of Topliss-reactive ketones (excluding diaryl/α,β-unsaturated/α-hetero) is 4. The predicted molar refractivity (Wildman–Crippen MR) is 137 cm³/mol. The SMILES string of the molecule is C/C=C\CCC(=O)Cc1ccc2c(c1C)C(=O)CC(CC(CCC)C(CC)C(=O)CC(C)=O)C2. The molecule has 4 heteroatoms. The van der Waals surface area contributed by atoms with Crippen LogP contribution in [-0.2, 0) is 27.2 Å². The zero-order valence-electron chi connectivity index (χ0n) is 21.7. The Bertz CT molecular complexity index is 924. The van der Waals surface area contributed by atoms with E-state index in [0.29, 0.717) is 19.3 Å². The van der Waals surface area contributed by atoms with Gasteiger partial charge in [0.15, 0.2) is 5.78 Å². The van der Waals surface area contributed by atoms with E-state index in [-0.39, 0.29) is 47.3 Å². The number of rotatable bonds is 14. The van der Waals surface area contributed by atoms with E-state index in [9.17, 15) is 19.2 Å². The molecule has 1 aromatic rings. The normalized spacial score (nSPS) is 17.4. The lowest BCUT2D eigenvalue weighted by Gasteiger charge is -2.32. The van der Waals surface area contributed by atoms with Crippen LogP contribution in [0.5, 0.6) is 0 Å². The lowest BCUT2D eigenvalue weighted by molar-refractivity contribution is -0.130. The molecule has 0 spiro atoms. The quantitative estimate of drug-likeness (QED) is 0.229. The largest absolute Gasteiger partial charge is 0.300 e. The van der Waals surface area contributed by atoms with Crippen molar-refractivity contribution < 1.29 is 19.2 Å². The fourth-order valence-electron chi connectivity index (χ4n) is 5.67. The average Bonchev–Trinajstić information content (AvgIpc) is 2.76. The maximum Gasteiger partial charge on any atom is 0.163 e. The monoisotopic (exact) mass is 466 g/mol. The smallest absolute Gasteiger partial charge is 0.163 e. The van der Waals surface area contributed by atoms with Gasteiger partial charge in [0.2, 0.25) is 0 Å². The van der Waals surface area contributed by atoms with Crippen LogP contribution in [0.3, 0.4) is 0 Å². The Hall–Kier alpha value is -2.36. The summed E-state index contributed by atoms with van der Waals surface area (Å²) in [5, 5.41) is 0. The molecule has 0 saturated heterocycles. The van der Waals surface area contributed by atoms with E-state index in [0.717, 1.165) is 60.8 Å². The van der Waals surface area contributed by atoms with Gasteiger partial charge >= 0.3 is 0 Å². The summed E-state index contributed by atoms with van der Waals surface area (Å²) in [6.45, 7) is 9.55. The molecule has 2 rings (SSSR count). The van der Waals surface area contributed by atoms with Crippen LogP contribution in [0.15, 0.2) is 24.3 Å². The molecule has 0 aliphatic heterocycles. The van der Waals surface area contributed by atoms with Gasteiger partial charge in [0.25, 0.3) is 0 Å². The molecule has 0 fully saturated rings. The van der Waals surface area contributed by atoms with Crippen LogP contribution >= 0.6 is 0 Å².